The molecule has 1 aromatic carbocycles. The van der Waals surface area contributed by atoms with E-state index in [1.165, 1.54) is 6.07 Å². The van der Waals surface area contributed by atoms with Gasteiger partial charge in [-0.2, -0.15) is 15.0 Å². The van der Waals surface area contributed by atoms with Crippen molar-refractivity contribution in [2.75, 3.05) is 31.4 Å². The Hall–Kier alpha value is -2.70. The molecule has 6 nitrogen and oxygen atoms in total. The summed E-state index contributed by atoms with van der Waals surface area (Å²) in [6.07, 6.45) is 0. The number of benzene rings is 1. The molecule has 0 aliphatic heterocycles. The molecule has 0 fully saturated rings. The highest BCUT2D eigenvalue weighted by Crippen LogP contribution is 2.28. The fourth-order valence-electron chi connectivity index (χ4n) is 1.92. The van der Waals surface area contributed by atoms with Gasteiger partial charge in [-0.25, -0.2) is 4.39 Å². The first-order valence-corrected chi connectivity index (χ1v) is 6.38. The number of hydrogen-bond acceptors (Lipinski definition) is 6. The number of nitrogens with zero attached hydrogens (tertiary/aromatic N) is 4. The predicted molar refractivity (Wildman–Crippen MR) is 78.9 cm³/mol. The van der Waals surface area contributed by atoms with E-state index in [4.69, 9.17) is 4.42 Å². The number of nitrogens with one attached hydrogen (secondary N) is 1. The van der Waals surface area contributed by atoms with Gasteiger partial charge in [0.15, 0.2) is 17.2 Å². The van der Waals surface area contributed by atoms with Gasteiger partial charge >= 0.3 is 0 Å². The van der Waals surface area contributed by atoms with Crippen molar-refractivity contribution in [1.29, 1.82) is 0 Å². The molecule has 21 heavy (non-hydrogen) atoms. The van der Waals surface area contributed by atoms with Gasteiger partial charge in [-0.3, -0.25) is 0 Å². The summed E-state index contributed by atoms with van der Waals surface area (Å²) < 4.78 is 19.2. The standard InChI is InChI=1S/C14H14FN5O/c1-16-13-17-12(18-14(19-13)20(2)3)10-7-8-5-4-6-9(15)11(8)21-10/h4-7H,1-3H3,(H,16,17,18,19). The van der Waals surface area contributed by atoms with Crippen LogP contribution in [0.4, 0.5) is 16.3 Å². The second kappa shape index (κ2) is 5.01. The molecule has 0 aliphatic rings. The van der Waals surface area contributed by atoms with Crippen molar-refractivity contribution in [1.82, 2.24) is 15.0 Å². The largest absolute Gasteiger partial charge is 0.450 e. The normalized spacial score (nSPS) is 10.9. The minimum absolute atomic E-state index is 0.199. The molecule has 0 spiro atoms. The van der Waals surface area contributed by atoms with Crippen molar-refractivity contribution >= 4 is 22.9 Å². The molecule has 0 saturated heterocycles. The zero-order valence-electron chi connectivity index (χ0n) is 11.9. The monoisotopic (exact) mass is 287 g/mol. The summed E-state index contributed by atoms with van der Waals surface area (Å²) in [6, 6.07) is 6.48. The molecule has 0 atom stereocenters. The molecular weight excluding hydrogens is 273 g/mol. The molecule has 0 aliphatic carbocycles. The maximum Gasteiger partial charge on any atom is 0.230 e. The van der Waals surface area contributed by atoms with E-state index < -0.39 is 5.82 Å². The maximum atomic E-state index is 13.7. The van der Waals surface area contributed by atoms with E-state index in [0.29, 0.717) is 28.9 Å². The molecule has 1 N–H and O–H groups in total. The van der Waals surface area contributed by atoms with Crippen LogP contribution in [0.2, 0.25) is 0 Å². The van der Waals surface area contributed by atoms with Crippen LogP contribution in [0.1, 0.15) is 0 Å². The van der Waals surface area contributed by atoms with Gasteiger partial charge in [0.05, 0.1) is 0 Å². The first kappa shape index (κ1) is 13.3. The Morgan fingerprint density at radius 2 is 2.00 bits per heavy atom. The summed E-state index contributed by atoms with van der Waals surface area (Å²) in [5, 5.41) is 3.54. The van der Waals surface area contributed by atoms with Crippen molar-refractivity contribution in [2.45, 2.75) is 0 Å². The Labute approximate surface area is 120 Å². The van der Waals surface area contributed by atoms with Crippen LogP contribution in [0, 0.1) is 5.82 Å². The van der Waals surface area contributed by atoms with E-state index in [1.54, 1.807) is 30.1 Å². The molecule has 2 aromatic heterocycles. The van der Waals surface area contributed by atoms with E-state index in [2.05, 4.69) is 20.3 Å². The van der Waals surface area contributed by atoms with Crippen molar-refractivity contribution in [2.24, 2.45) is 0 Å². The summed E-state index contributed by atoms with van der Waals surface area (Å²) in [5.41, 5.74) is 0.199. The molecule has 0 radical (unpaired) electrons. The Morgan fingerprint density at radius 1 is 1.19 bits per heavy atom. The molecular formula is C14H14FN5O. The highest BCUT2D eigenvalue weighted by atomic mass is 19.1. The van der Waals surface area contributed by atoms with Crippen LogP contribution < -0.4 is 10.2 Å². The van der Waals surface area contributed by atoms with E-state index >= 15 is 0 Å². The average molecular weight is 287 g/mol. The third kappa shape index (κ3) is 2.37. The lowest BCUT2D eigenvalue weighted by Crippen LogP contribution is -2.15. The number of para-hydroxylation sites is 1. The van der Waals surface area contributed by atoms with Gasteiger partial charge in [-0.15, -0.1) is 0 Å². The first-order valence-electron chi connectivity index (χ1n) is 6.38. The van der Waals surface area contributed by atoms with E-state index in [1.807, 2.05) is 14.1 Å². The predicted octanol–water partition coefficient (Wildman–Crippen LogP) is 2.53. The lowest BCUT2D eigenvalue weighted by molar-refractivity contribution is 0.566. The minimum Gasteiger partial charge on any atom is -0.450 e. The van der Waals surface area contributed by atoms with E-state index in [-0.39, 0.29) is 5.58 Å². The second-order valence-electron chi connectivity index (χ2n) is 4.70. The average Bonchev–Trinajstić information content (AvgIpc) is 2.92. The van der Waals surface area contributed by atoms with Gasteiger partial charge in [0, 0.05) is 26.5 Å². The molecule has 3 rings (SSSR count). The Bertz CT molecular complexity index is 799. The number of fused-ring (bicyclic) bond motifs is 1. The summed E-state index contributed by atoms with van der Waals surface area (Å²) in [6.45, 7) is 0. The van der Waals surface area contributed by atoms with Gasteiger partial charge in [-0.05, 0) is 12.1 Å². The third-order valence-corrected chi connectivity index (χ3v) is 2.96. The third-order valence-electron chi connectivity index (χ3n) is 2.96. The van der Waals surface area contributed by atoms with Gasteiger partial charge in [0.2, 0.25) is 17.7 Å². The summed E-state index contributed by atoms with van der Waals surface area (Å²) in [5.74, 6) is 1.26. The lowest BCUT2D eigenvalue weighted by Gasteiger charge is -2.11. The fourth-order valence-corrected chi connectivity index (χ4v) is 1.92. The van der Waals surface area contributed by atoms with E-state index in [0.717, 1.165) is 0 Å². The number of furan rings is 1. The van der Waals surface area contributed by atoms with Crippen molar-refractivity contribution in [3.8, 4) is 11.6 Å². The summed E-state index contributed by atoms with van der Waals surface area (Å²) >= 11 is 0. The van der Waals surface area contributed by atoms with Gasteiger partial charge < -0.3 is 14.6 Å². The number of halogens is 1. The Balaban J connectivity index is 2.17. The van der Waals surface area contributed by atoms with Crippen LogP contribution in [0.15, 0.2) is 28.7 Å². The van der Waals surface area contributed by atoms with Gasteiger partial charge in [-0.1, -0.05) is 12.1 Å². The molecule has 0 saturated carbocycles. The fraction of sp³-hybridized carbons (Fsp3) is 0.214. The minimum atomic E-state index is -0.408. The van der Waals surface area contributed by atoms with Crippen molar-refractivity contribution < 1.29 is 8.81 Å². The molecule has 0 amide bonds. The Morgan fingerprint density at radius 3 is 2.67 bits per heavy atom. The molecule has 0 unspecified atom stereocenters. The molecule has 2 heterocycles. The zero-order valence-corrected chi connectivity index (χ0v) is 11.9. The zero-order chi connectivity index (χ0) is 15.0. The quantitative estimate of drug-likeness (QED) is 0.798. The topological polar surface area (TPSA) is 67.1 Å². The number of hydrogen-bond donors (Lipinski definition) is 1. The van der Waals surface area contributed by atoms with Crippen molar-refractivity contribution in [3.63, 3.8) is 0 Å². The van der Waals surface area contributed by atoms with Crippen LogP contribution >= 0.6 is 0 Å². The van der Waals surface area contributed by atoms with Gasteiger partial charge in [0.25, 0.3) is 0 Å². The van der Waals surface area contributed by atoms with Crippen LogP contribution in [0.5, 0.6) is 0 Å². The molecule has 3 aromatic rings. The van der Waals surface area contributed by atoms with Crippen LogP contribution in [0.3, 0.4) is 0 Å². The van der Waals surface area contributed by atoms with Crippen molar-refractivity contribution in [3.05, 3.63) is 30.1 Å². The van der Waals surface area contributed by atoms with E-state index in [9.17, 15) is 4.39 Å². The maximum absolute atomic E-state index is 13.7. The number of rotatable bonds is 3. The smallest absolute Gasteiger partial charge is 0.230 e. The lowest BCUT2D eigenvalue weighted by atomic mass is 10.2. The van der Waals surface area contributed by atoms with Crippen LogP contribution in [-0.2, 0) is 0 Å². The summed E-state index contributed by atoms with van der Waals surface area (Å²) in [7, 11) is 5.38. The highest BCUT2D eigenvalue weighted by Gasteiger charge is 2.15. The molecule has 108 valence electrons. The highest BCUT2D eigenvalue weighted by molar-refractivity contribution is 5.82. The second-order valence-corrected chi connectivity index (χ2v) is 4.70. The van der Waals surface area contributed by atoms with Gasteiger partial charge in [0.1, 0.15) is 0 Å². The number of aromatic nitrogens is 3. The number of anilines is 2. The van der Waals surface area contributed by atoms with Crippen LogP contribution in [0.25, 0.3) is 22.6 Å². The SMILES string of the molecule is CNc1nc(-c2cc3cccc(F)c3o2)nc(N(C)C)n1. The first-order chi connectivity index (χ1) is 10.1. The Kier molecular flexibility index (Phi) is 3.17. The van der Waals surface area contributed by atoms with Crippen LogP contribution in [-0.4, -0.2) is 36.1 Å². The molecule has 0 bridgehead atoms. The molecule has 7 heteroatoms. The summed E-state index contributed by atoms with van der Waals surface area (Å²) in [4.78, 5) is 14.6.